The first-order valence-electron chi connectivity index (χ1n) is 10.3. The number of fused-ring (bicyclic) bond motifs is 5. The maximum absolute atomic E-state index is 10.9. The standard InChI is InChI=1S/C24H32O2/c1-16(7-12-22(25)26)19-10-11-20-18-9-8-17-6-4-5-14-23(17,2)21(18)13-15-24(19,20)3/h4-9,12,16,18-21H,10-11,13-15H2,1-3H3,(H,25,26)/t16-,18+,19-,20+,21+,23+,24-/m1/s1. The minimum atomic E-state index is -0.826. The van der Waals surface area contributed by atoms with Crippen LogP contribution in [0.15, 0.2) is 48.1 Å². The smallest absolute Gasteiger partial charge is 0.327 e. The minimum absolute atomic E-state index is 0.308. The Morgan fingerprint density at radius 2 is 2.08 bits per heavy atom. The zero-order chi connectivity index (χ0) is 18.5. The Hall–Kier alpha value is -1.57. The number of carboxylic acids is 1. The number of aliphatic carboxylic acids is 1. The largest absolute Gasteiger partial charge is 0.478 e. The molecule has 7 atom stereocenters. The van der Waals surface area contributed by atoms with Gasteiger partial charge in [0.2, 0.25) is 0 Å². The van der Waals surface area contributed by atoms with E-state index < -0.39 is 5.97 Å². The van der Waals surface area contributed by atoms with Crippen molar-refractivity contribution in [2.75, 3.05) is 0 Å². The summed E-state index contributed by atoms with van der Waals surface area (Å²) in [6.07, 6.45) is 21.4. The predicted molar refractivity (Wildman–Crippen MR) is 106 cm³/mol. The summed E-state index contributed by atoms with van der Waals surface area (Å²) in [5.41, 5.74) is 2.18. The Labute approximate surface area is 157 Å². The zero-order valence-corrected chi connectivity index (χ0v) is 16.3. The maximum atomic E-state index is 10.9. The number of hydrogen-bond acceptors (Lipinski definition) is 1. The van der Waals surface area contributed by atoms with E-state index in [0.717, 1.165) is 11.8 Å². The van der Waals surface area contributed by atoms with Crippen molar-refractivity contribution in [3.8, 4) is 0 Å². The SMILES string of the molecule is C[C@H](C=CC(=O)O)[C@H]1CC[C@H]2[C@@H]3C=CC4=CC=CC[C@]4(C)[C@H]3CC[C@]12C. The Kier molecular flexibility index (Phi) is 4.28. The second kappa shape index (κ2) is 6.25. The molecule has 0 aromatic heterocycles. The fraction of sp³-hybridized carbons (Fsp3) is 0.625. The summed E-state index contributed by atoms with van der Waals surface area (Å²) in [5.74, 6) is 2.30. The van der Waals surface area contributed by atoms with Crippen molar-refractivity contribution in [2.45, 2.75) is 52.9 Å². The van der Waals surface area contributed by atoms with Crippen LogP contribution < -0.4 is 0 Å². The number of carbonyl (C=O) groups is 1. The molecule has 4 aliphatic carbocycles. The molecule has 4 rings (SSSR count). The van der Waals surface area contributed by atoms with Gasteiger partial charge in [0.15, 0.2) is 0 Å². The number of allylic oxidation sites excluding steroid dienone is 7. The Bertz CT molecular complexity index is 712. The first kappa shape index (κ1) is 17.8. The van der Waals surface area contributed by atoms with E-state index in [0.29, 0.717) is 28.6 Å². The van der Waals surface area contributed by atoms with Crippen LogP contribution in [0.4, 0.5) is 0 Å². The van der Waals surface area contributed by atoms with Crippen molar-refractivity contribution >= 4 is 5.97 Å². The summed E-state index contributed by atoms with van der Waals surface area (Å²) in [6, 6.07) is 0. The van der Waals surface area contributed by atoms with Crippen molar-refractivity contribution in [1.29, 1.82) is 0 Å². The number of hydrogen-bond donors (Lipinski definition) is 1. The van der Waals surface area contributed by atoms with Crippen molar-refractivity contribution in [2.24, 2.45) is 40.4 Å². The van der Waals surface area contributed by atoms with Crippen molar-refractivity contribution in [3.63, 3.8) is 0 Å². The van der Waals surface area contributed by atoms with Crippen LogP contribution >= 0.6 is 0 Å². The van der Waals surface area contributed by atoms with Crippen LogP contribution in [0.3, 0.4) is 0 Å². The Morgan fingerprint density at radius 1 is 1.27 bits per heavy atom. The van der Waals surface area contributed by atoms with E-state index in [2.05, 4.69) is 51.2 Å². The highest BCUT2D eigenvalue weighted by atomic mass is 16.4. The third-order valence-corrected chi connectivity index (χ3v) is 8.51. The molecule has 26 heavy (non-hydrogen) atoms. The van der Waals surface area contributed by atoms with E-state index in [1.54, 1.807) is 0 Å². The average Bonchev–Trinajstić information content (AvgIpc) is 2.96. The monoisotopic (exact) mass is 352 g/mol. The molecule has 0 spiro atoms. The minimum Gasteiger partial charge on any atom is -0.478 e. The fourth-order valence-electron chi connectivity index (χ4n) is 7.10. The van der Waals surface area contributed by atoms with Gasteiger partial charge in [0.1, 0.15) is 0 Å². The van der Waals surface area contributed by atoms with Crippen LogP contribution in [-0.2, 0) is 4.79 Å². The molecule has 0 aliphatic heterocycles. The highest BCUT2D eigenvalue weighted by Crippen LogP contribution is 2.66. The molecule has 0 aromatic carbocycles. The van der Waals surface area contributed by atoms with E-state index in [4.69, 9.17) is 5.11 Å². The van der Waals surface area contributed by atoms with Crippen LogP contribution in [0.2, 0.25) is 0 Å². The van der Waals surface area contributed by atoms with Crippen LogP contribution in [0.5, 0.6) is 0 Å². The van der Waals surface area contributed by atoms with E-state index in [-0.39, 0.29) is 0 Å². The molecule has 2 heteroatoms. The highest BCUT2D eigenvalue weighted by Gasteiger charge is 2.57. The molecule has 0 unspecified atom stereocenters. The maximum Gasteiger partial charge on any atom is 0.327 e. The molecule has 0 aromatic rings. The van der Waals surface area contributed by atoms with Crippen LogP contribution in [0.1, 0.15) is 52.9 Å². The van der Waals surface area contributed by atoms with Gasteiger partial charge in [-0.05, 0) is 78.1 Å². The lowest BCUT2D eigenvalue weighted by molar-refractivity contribution is -0.131. The topological polar surface area (TPSA) is 37.3 Å². The van der Waals surface area contributed by atoms with Gasteiger partial charge in [0.25, 0.3) is 0 Å². The van der Waals surface area contributed by atoms with E-state index in [1.165, 1.54) is 43.8 Å². The molecular weight excluding hydrogens is 320 g/mol. The van der Waals surface area contributed by atoms with Gasteiger partial charge in [-0.25, -0.2) is 4.79 Å². The first-order chi connectivity index (χ1) is 12.4. The summed E-state index contributed by atoms with van der Waals surface area (Å²) in [6.45, 7) is 7.20. The average molecular weight is 353 g/mol. The molecule has 2 fully saturated rings. The quantitative estimate of drug-likeness (QED) is 0.653. The third-order valence-electron chi connectivity index (χ3n) is 8.51. The number of carboxylic acid groups (broad SMARTS) is 1. The molecule has 4 aliphatic rings. The van der Waals surface area contributed by atoms with E-state index >= 15 is 0 Å². The van der Waals surface area contributed by atoms with Crippen LogP contribution in [-0.4, -0.2) is 11.1 Å². The van der Waals surface area contributed by atoms with Crippen molar-refractivity contribution in [3.05, 3.63) is 48.1 Å². The second-order valence-electron chi connectivity index (χ2n) is 9.61. The second-order valence-corrected chi connectivity index (χ2v) is 9.61. The van der Waals surface area contributed by atoms with Gasteiger partial charge in [0, 0.05) is 6.08 Å². The van der Waals surface area contributed by atoms with Crippen LogP contribution in [0, 0.1) is 40.4 Å². The van der Waals surface area contributed by atoms with Gasteiger partial charge in [0.05, 0.1) is 0 Å². The molecule has 1 N–H and O–H groups in total. The molecule has 0 radical (unpaired) electrons. The predicted octanol–water partition coefficient (Wildman–Crippen LogP) is 5.78. The summed E-state index contributed by atoms with van der Waals surface area (Å²) >= 11 is 0. The van der Waals surface area contributed by atoms with E-state index in [9.17, 15) is 4.79 Å². The molecule has 0 amide bonds. The zero-order valence-electron chi connectivity index (χ0n) is 16.3. The fourth-order valence-corrected chi connectivity index (χ4v) is 7.10. The lowest BCUT2D eigenvalue weighted by Crippen LogP contribution is -2.48. The number of rotatable bonds is 3. The molecule has 2 nitrogen and oxygen atoms in total. The lowest BCUT2D eigenvalue weighted by Gasteiger charge is -2.56. The summed E-state index contributed by atoms with van der Waals surface area (Å²) in [4.78, 5) is 10.9. The van der Waals surface area contributed by atoms with Gasteiger partial charge in [-0.15, -0.1) is 0 Å². The molecule has 0 heterocycles. The Balaban J connectivity index is 1.61. The van der Waals surface area contributed by atoms with Gasteiger partial charge in [-0.2, -0.15) is 0 Å². The van der Waals surface area contributed by atoms with Gasteiger partial charge >= 0.3 is 5.97 Å². The van der Waals surface area contributed by atoms with Gasteiger partial charge in [-0.1, -0.05) is 57.2 Å². The van der Waals surface area contributed by atoms with E-state index in [1.807, 2.05) is 6.08 Å². The summed E-state index contributed by atoms with van der Waals surface area (Å²) < 4.78 is 0. The highest BCUT2D eigenvalue weighted by molar-refractivity contribution is 5.79. The van der Waals surface area contributed by atoms with Crippen LogP contribution in [0.25, 0.3) is 0 Å². The normalized spacial score (nSPS) is 45.0. The van der Waals surface area contributed by atoms with Gasteiger partial charge in [-0.3, -0.25) is 0 Å². The van der Waals surface area contributed by atoms with Gasteiger partial charge < -0.3 is 5.11 Å². The first-order valence-corrected chi connectivity index (χ1v) is 10.3. The van der Waals surface area contributed by atoms with Crippen molar-refractivity contribution < 1.29 is 9.90 Å². The Morgan fingerprint density at radius 3 is 2.85 bits per heavy atom. The third kappa shape index (κ3) is 2.56. The summed E-state index contributed by atoms with van der Waals surface area (Å²) in [5, 5.41) is 8.99. The summed E-state index contributed by atoms with van der Waals surface area (Å²) in [7, 11) is 0. The molecule has 140 valence electrons. The lowest BCUT2D eigenvalue weighted by atomic mass is 9.48. The van der Waals surface area contributed by atoms with Crippen molar-refractivity contribution in [1.82, 2.24) is 0 Å². The molecule has 2 saturated carbocycles. The molecule has 0 bridgehead atoms. The molecule has 0 saturated heterocycles. The molecular formula is C24H32O2.